The first-order valence-corrected chi connectivity index (χ1v) is 9.16. The standard InChI is InChI=1S/C19H22N6O2/c1-2-25-8-5-12-9-15(23-16-11-20-6-7-21-16)24-18(17(12)19(25)27)22-13-3-4-14(26)10-13/h5-9,11,13-14,26H,2-4,10H2,1H3,(H2,21,22,23,24)/t13-,14+/m1/s1. The highest BCUT2D eigenvalue weighted by Gasteiger charge is 2.24. The Kier molecular flexibility index (Phi) is 4.72. The van der Waals surface area contributed by atoms with Crippen molar-refractivity contribution in [2.45, 2.75) is 44.9 Å². The summed E-state index contributed by atoms with van der Waals surface area (Å²) in [5.41, 5.74) is -0.0744. The minimum atomic E-state index is -0.304. The number of pyridine rings is 2. The van der Waals surface area contributed by atoms with Crippen LogP contribution in [0.15, 0.2) is 41.7 Å². The number of hydrogen-bond acceptors (Lipinski definition) is 7. The van der Waals surface area contributed by atoms with Crippen LogP contribution in [-0.2, 0) is 6.54 Å². The van der Waals surface area contributed by atoms with Gasteiger partial charge in [0.25, 0.3) is 5.56 Å². The van der Waals surface area contributed by atoms with Crippen molar-refractivity contribution in [2.75, 3.05) is 10.6 Å². The normalized spacial score (nSPS) is 19.3. The lowest BCUT2D eigenvalue weighted by Crippen LogP contribution is -2.23. The lowest BCUT2D eigenvalue weighted by molar-refractivity contribution is 0.182. The van der Waals surface area contributed by atoms with E-state index in [4.69, 9.17) is 0 Å². The molecule has 1 aliphatic rings. The Morgan fingerprint density at radius 2 is 2.19 bits per heavy atom. The van der Waals surface area contributed by atoms with Gasteiger partial charge in [-0.2, -0.15) is 0 Å². The van der Waals surface area contributed by atoms with Crippen molar-refractivity contribution in [2.24, 2.45) is 0 Å². The Morgan fingerprint density at radius 1 is 1.30 bits per heavy atom. The van der Waals surface area contributed by atoms with Crippen LogP contribution >= 0.6 is 0 Å². The molecule has 0 unspecified atom stereocenters. The van der Waals surface area contributed by atoms with Crippen LogP contribution in [0.2, 0.25) is 0 Å². The summed E-state index contributed by atoms with van der Waals surface area (Å²) in [6.07, 6.45) is 8.56. The van der Waals surface area contributed by atoms with Crippen LogP contribution in [0.3, 0.4) is 0 Å². The van der Waals surface area contributed by atoms with Gasteiger partial charge in [-0.15, -0.1) is 0 Å². The van der Waals surface area contributed by atoms with E-state index < -0.39 is 0 Å². The predicted octanol–water partition coefficient (Wildman–Crippen LogP) is 2.28. The number of nitrogens with one attached hydrogen (secondary N) is 2. The van der Waals surface area contributed by atoms with Crippen LogP contribution in [0, 0.1) is 0 Å². The van der Waals surface area contributed by atoms with Crippen molar-refractivity contribution in [3.8, 4) is 0 Å². The molecule has 2 atom stereocenters. The third-order valence-corrected chi connectivity index (χ3v) is 4.86. The van der Waals surface area contributed by atoms with Gasteiger partial charge in [-0.3, -0.25) is 9.78 Å². The van der Waals surface area contributed by atoms with Crippen molar-refractivity contribution in [3.63, 3.8) is 0 Å². The molecular formula is C19H22N6O2. The molecule has 1 fully saturated rings. The molecular weight excluding hydrogens is 344 g/mol. The number of aryl methyl sites for hydroxylation is 1. The van der Waals surface area contributed by atoms with E-state index in [1.54, 1.807) is 29.4 Å². The van der Waals surface area contributed by atoms with E-state index in [1.807, 2.05) is 19.1 Å². The van der Waals surface area contributed by atoms with Crippen molar-refractivity contribution in [1.29, 1.82) is 0 Å². The highest BCUT2D eigenvalue weighted by atomic mass is 16.3. The number of aliphatic hydroxyl groups excluding tert-OH is 1. The third kappa shape index (κ3) is 3.61. The Labute approximate surface area is 156 Å². The van der Waals surface area contributed by atoms with Crippen LogP contribution < -0.4 is 16.2 Å². The van der Waals surface area contributed by atoms with Gasteiger partial charge in [0.05, 0.1) is 17.7 Å². The van der Waals surface area contributed by atoms with Gasteiger partial charge in [0.15, 0.2) is 0 Å². The Bertz CT molecular complexity index is 1000. The van der Waals surface area contributed by atoms with Gasteiger partial charge in [0.2, 0.25) is 0 Å². The quantitative estimate of drug-likeness (QED) is 0.636. The minimum Gasteiger partial charge on any atom is -0.393 e. The van der Waals surface area contributed by atoms with E-state index in [0.717, 1.165) is 18.2 Å². The second-order valence-electron chi connectivity index (χ2n) is 6.75. The molecule has 0 saturated heterocycles. The van der Waals surface area contributed by atoms with Crippen molar-refractivity contribution in [1.82, 2.24) is 19.5 Å². The first kappa shape index (κ1) is 17.4. The summed E-state index contributed by atoms with van der Waals surface area (Å²) in [6, 6.07) is 3.84. The van der Waals surface area contributed by atoms with Crippen LogP contribution in [0.5, 0.6) is 0 Å². The first-order chi connectivity index (χ1) is 13.1. The summed E-state index contributed by atoms with van der Waals surface area (Å²) >= 11 is 0. The summed E-state index contributed by atoms with van der Waals surface area (Å²) in [5.74, 6) is 1.69. The zero-order chi connectivity index (χ0) is 18.8. The number of anilines is 3. The van der Waals surface area contributed by atoms with E-state index >= 15 is 0 Å². The largest absolute Gasteiger partial charge is 0.393 e. The van der Waals surface area contributed by atoms with E-state index in [1.165, 1.54) is 0 Å². The average molecular weight is 366 g/mol. The molecule has 3 heterocycles. The molecule has 0 bridgehead atoms. The van der Waals surface area contributed by atoms with E-state index in [2.05, 4.69) is 25.6 Å². The van der Waals surface area contributed by atoms with E-state index in [0.29, 0.717) is 35.8 Å². The molecule has 27 heavy (non-hydrogen) atoms. The molecule has 0 aliphatic heterocycles. The summed E-state index contributed by atoms with van der Waals surface area (Å²) in [7, 11) is 0. The summed E-state index contributed by atoms with van der Waals surface area (Å²) in [5, 5.41) is 17.7. The Hall–Kier alpha value is -3.00. The van der Waals surface area contributed by atoms with Crippen LogP contribution in [0.25, 0.3) is 10.8 Å². The maximum absolute atomic E-state index is 12.9. The fourth-order valence-corrected chi connectivity index (χ4v) is 3.50. The summed E-state index contributed by atoms with van der Waals surface area (Å²) in [4.78, 5) is 25.8. The fraction of sp³-hybridized carbons (Fsp3) is 0.368. The van der Waals surface area contributed by atoms with Crippen LogP contribution in [0.4, 0.5) is 17.5 Å². The predicted molar refractivity (Wildman–Crippen MR) is 104 cm³/mol. The maximum Gasteiger partial charge on any atom is 0.262 e. The van der Waals surface area contributed by atoms with Crippen molar-refractivity contribution < 1.29 is 5.11 Å². The molecule has 4 rings (SSSR count). The molecule has 8 heteroatoms. The highest BCUT2D eigenvalue weighted by Crippen LogP contribution is 2.28. The molecule has 0 radical (unpaired) electrons. The summed E-state index contributed by atoms with van der Waals surface area (Å²) < 4.78 is 1.66. The molecule has 8 nitrogen and oxygen atoms in total. The first-order valence-electron chi connectivity index (χ1n) is 9.16. The van der Waals surface area contributed by atoms with Gasteiger partial charge in [-0.1, -0.05) is 0 Å². The van der Waals surface area contributed by atoms with Crippen molar-refractivity contribution in [3.05, 3.63) is 47.3 Å². The number of aliphatic hydroxyl groups is 1. The topological polar surface area (TPSA) is 105 Å². The SMILES string of the molecule is CCn1ccc2cc(Nc3cnccn3)nc(N[C@@H]3CC[C@H](O)C3)c2c1=O. The van der Waals surface area contributed by atoms with Gasteiger partial charge in [-0.05, 0) is 43.7 Å². The summed E-state index contributed by atoms with van der Waals surface area (Å²) in [6.45, 7) is 2.53. The molecule has 140 valence electrons. The zero-order valence-corrected chi connectivity index (χ0v) is 15.1. The number of hydrogen-bond donors (Lipinski definition) is 3. The zero-order valence-electron chi connectivity index (χ0n) is 15.1. The van der Waals surface area contributed by atoms with Crippen LogP contribution in [0.1, 0.15) is 26.2 Å². The molecule has 0 aromatic carbocycles. The molecule has 3 aromatic rings. The Balaban J connectivity index is 1.78. The Morgan fingerprint density at radius 3 is 2.89 bits per heavy atom. The second kappa shape index (κ2) is 7.32. The maximum atomic E-state index is 12.9. The molecule has 1 aliphatic carbocycles. The lowest BCUT2D eigenvalue weighted by atomic mass is 10.1. The van der Waals surface area contributed by atoms with Gasteiger partial charge in [0.1, 0.15) is 17.5 Å². The molecule has 0 amide bonds. The number of aromatic nitrogens is 4. The van der Waals surface area contributed by atoms with Gasteiger partial charge in [-0.25, -0.2) is 9.97 Å². The minimum absolute atomic E-state index is 0.0744. The van der Waals surface area contributed by atoms with E-state index in [-0.39, 0.29) is 17.7 Å². The number of fused-ring (bicyclic) bond motifs is 1. The van der Waals surface area contributed by atoms with Crippen molar-refractivity contribution >= 4 is 28.2 Å². The number of rotatable bonds is 5. The molecule has 3 aromatic heterocycles. The lowest BCUT2D eigenvalue weighted by Gasteiger charge is -2.17. The highest BCUT2D eigenvalue weighted by molar-refractivity contribution is 5.93. The molecule has 1 saturated carbocycles. The monoisotopic (exact) mass is 366 g/mol. The fourth-order valence-electron chi connectivity index (χ4n) is 3.50. The smallest absolute Gasteiger partial charge is 0.262 e. The molecule has 0 spiro atoms. The average Bonchev–Trinajstić information content (AvgIpc) is 3.07. The van der Waals surface area contributed by atoms with Gasteiger partial charge >= 0.3 is 0 Å². The third-order valence-electron chi connectivity index (χ3n) is 4.86. The molecule has 3 N–H and O–H groups in total. The number of nitrogens with zero attached hydrogens (tertiary/aromatic N) is 4. The van der Waals surface area contributed by atoms with Gasteiger partial charge < -0.3 is 20.3 Å². The van der Waals surface area contributed by atoms with Crippen LogP contribution in [-0.4, -0.2) is 36.8 Å². The van der Waals surface area contributed by atoms with E-state index in [9.17, 15) is 9.90 Å². The second-order valence-corrected chi connectivity index (χ2v) is 6.75. The van der Waals surface area contributed by atoms with Gasteiger partial charge in [0, 0.05) is 31.2 Å².